The lowest BCUT2D eigenvalue weighted by atomic mass is 10.0. The van der Waals surface area contributed by atoms with Crippen LogP contribution in [-0.2, 0) is 6.42 Å². The first kappa shape index (κ1) is 9.81. The number of nitrogens with two attached hydrogens (primary N) is 2. The minimum atomic E-state index is 0.0912. The molecule has 2 nitrogen and oxygen atoms in total. The first-order valence-electron chi connectivity index (χ1n) is 4.92. The molecule has 0 saturated heterocycles. The van der Waals surface area contributed by atoms with E-state index in [2.05, 4.69) is 0 Å². The zero-order valence-corrected chi connectivity index (χ0v) is 8.85. The summed E-state index contributed by atoms with van der Waals surface area (Å²) in [5.41, 5.74) is 13.7. The Bertz CT molecular complexity index is 345. The minimum absolute atomic E-state index is 0.0912. The molecule has 0 aromatic heterocycles. The molecule has 0 aliphatic heterocycles. The monoisotopic (exact) mass is 210 g/mol. The van der Waals surface area contributed by atoms with Gasteiger partial charge in [-0.1, -0.05) is 11.6 Å². The van der Waals surface area contributed by atoms with Gasteiger partial charge in [0, 0.05) is 16.2 Å². The molecule has 14 heavy (non-hydrogen) atoms. The van der Waals surface area contributed by atoms with Gasteiger partial charge in [0.15, 0.2) is 0 Å². The topological polar surface area (TPSA) is 52.0 Å². The third-order valence-corrected chi connectivity index (χ3v) is 3.22. The van der Waals surface area contributed by atoms with Crippen molar-refractivity contribution in [2.75, 3.05) is 5.73 Å². The molecule has 0 bridgehead atoms. The lowest BCUT2D eigenvalue weighted by molar-refractivity contribution is 0.609. The van der Waals surface area contributed by atoms with E-state index in [0.29, 0.717) is 0 Å². The highest BCUT2D eigenvalue weighted by molar-refractivity contribution is 6.31. The molecule has 2 rings (SSSR count). The van der Waals surface area contributed by atoms with E-state index in [4.69, 9.17) is 23.1 Å². The summed E-state index contributed by atoms with van der Waals surface area (Å²) >= 11 is 6.05. The number of rotatable bonds is 3. The third kappa shape index (κ3) is 2.20. The number of hydrogen-bond donors (Lipinski definition) is 2. The Morgan fingerprint density at radius 3 is 2.71 bits per heavy atom. The first-order valence-corrected chi connectivity index (χ1v) is 5.30. The van der Waals surface area contributed by atoms with Crippen LogP contribution in [0.1, 0.15) is 24.8 Å². The van der Waals surface area contributed by atoms with Gasteiger partial charge in [-0.25, -0.2) is 0 Å². The van der Waals surface area contributed by atoms with Crippen LogP contribution >= 0.6 is 11.6 Å². The zero-order chi connectivity index (χ0) is 10.2. The summed E-state index contributed by atoms with van der Waals surface area (Å²) in [5, 5.41) is 0.795. The Balaban J connectivity index is 2.04. The van der Waals surface area contributed by atoms with Crippen molar-refractivity contribution < 1.29 is 0 Å². The number of halogens is 1. The first-order chi connectivity index (χ1) is 6.59. The highest BCUT2D eigenvalue weighted by Gasteiger charge is 2.37. The second-order valence-corrected chi connectivity index (χ2v) is 4.62. The number of nitrogen functional groups attached to an aromatic ring is 1. The maximum Gasteiger partial charge on any atom is 0.0439 e. The van der Waals surface area contributed by atoms with Crippen molar-refractivity contribution in [2.24, 2.45) is 5.73 Å². The largest absolute Gasteiger partial charge is 0.399 e. The van der Waals surface area contributed by atoms with Crippen LogP contribution in [0.15, 0.2) is 18.2 Å². The molecule has 1 saturated carbocycles. The fraction of sp³-hybridized carbons (Fsp3) is 0.455. The molecule has 1 aliphatic rings. The van der Waals surface area contributed by atoms with Crippen LogP contribution in [-0.4, -0.2) is 5.54 Å². The molecule has 1 aliphatic carbocycles. The standard InChI is InChI=1S/C11H15ClN2/c12-10-2-1-9(13)7-8(10)3-4-11(14)5-6-11/h1-2,7H,3-6,13-14H2. The van der Waals surface area contributed by atoms with Gasteiger partial charge in [0.05, 0.1) is 0 Å². The Morgan fingerprint density at radius 1 is 1.36 bits per heavy atom. The van der Waals surface area contributed by atoms with Gasteiger partial charge in [-0.05, 0) is 49.4 Å². The van der Waals surface area contributed by atoms with Gasteiger partial charge >= 0.3 is 0 Å². The summed E-state index contributed by atoms with van der Waals surface area (Å²) in [7, 11) is 0. The zero-order valence-electron chi connectivity index (χ0n) is 8.09. The van der Waals surface area contributed by atoms with E-state index in [-0.39, 0.29) is 5.54 Å². The second kappa shape index (κ2) is 3.44. The molecule has 0 spiro atoms. The Kier molecular flexibility index (Phi) is 2.41. The highest BCUT2D eigenvalue weighted by Crippen LogP contribution is 2.37. The quantitative estimate of drug-likeness (QED) is 0.753. The molecule has 0 amide bonds. The predicted molar refractivity (Wildman–Crippen MR) is 60.3 cm³/mol. The lowest BCUT2D eigenvalue weighted by Crippen LogP contribution is -2.22. The van der Waals surface area contributed by atoms with E-state index in [1.54, 1.807) is 0 Å². The molecule has 76 valence electrons. The van der Waals surface area contributed by atoms with Crippen molar-refractivity contribution >= 4 is 17.3 Å². The van der Waals surface area contributed by atoms with Crippen molar-refractivity contribution in [1.82, 2.24) is 0 Å². The number of anilines is 1. The number of hydrogen-bond acceptors (Lipinski definition) is 2. The summed E-state index contributed by atoms with van der Waals surface area (Å²) in [4.78, 5) is 0. The van der Waals surface area contributed by atoms with Gasteiger partial charge in [0.1, 0.15) is 0 Å². The molecular formula is C11H15ClN2. The van der Waals surface area contributed by atoms with Crippen LogP contribution in [0.3, 0.4) is 0 Å². The van der Waals surface area contributed by atoms with E-state index in [1.165, 1.54) is 0 Å². The summed E-state index contributed by atoms with van der Waals surface area (Å²) in [5.74, 6) is 0. The number of aryl methyl sites for hydroxylation is 1. The van der Waals surface area contributed by atoms with Crippen molar-refractivity contribution in [3.63, 3.8) is 0 Å². The minimum Gasteiger partial charge on any atom is -0.399 e. The fourth-order valence-electron chi connectivity index (χ4n) is 1.58. The van der Waals surface area contributed by atoms with E-state index < -0.39 is 0 Å². The molecule has 0 unspecified atom stereocenters. The van der Waals surface area contributed by atoms with Crippen LogP contribution in [0.2, 0.25) is 5.02 Å². The van der Waals surface area contributed by atoms with Crippen molar-refractivity contribution in [1.29, 1.82) is 0 Å². The Hall–Kier alpha value is -0.730. The SMILES string of the molecule is Nc1ccc(Cl)c(CCC2(N)CC2)c1. The second-order valence-electron chi connectivity index (χ2n) is 4.21. The molecule has 0 atom stereocenters. The Labute approximate surface area is 89.2 Å². The molecule has 4 N–H and O–H groups in total. The lowest BCUT2D eigenvalue weighted by Gasteiger charge is -2.09. The average molecular weight is 211 g/mol. The van der Waals surface area contributed by atoms with Crippen LogP contribution in [0.25, 0.3) is 0 Å². The van der Waals surface area contributed by atoms with E-state index in [9.17, 15) is 0 Å². The van der Waals surface area contributed by atoms with E-state index in [1.807, 2.05) is 18.2 Å². The molecule has 1 aromatic carbocycles. The summed E-state index contributed by atoms with van der Waals surface area (Å²) in [6, 6.07) is 5.61. The summed E-state index contributed by atoms with van der Waals surface area (Å²) in [6.07, 6.45) is 4.23. The van der Waals surface area contributed by atoms with Gasteiger partial charge < -0.3 is 11.5 Å². The fourth-order valence-corrected chi connectivity index (χ4v) is 1.79. The van der Waals surface area contributed by atoms with E-state index in [0.717, 1.165) is 42.0 Å². The van der Waals surface area contributed by atoms with Crippen LogP contribution in [0.4, 0.5) is 5.69 Å². The molecule has 1 fully saturated rings. The maximum absolute atomic E-state index is 6.05. The highest BCUT2D eigenvalue weighted by atomic mass is 35.5. The molecule has 1 aromatic rings. The van der Waals surface area contributed by atoms with Gasteiger partial charge in [-0.2, -0.15) is 0 Å². The van der Waals surface area contributed by atoms with Crippen molar-refractivity contribution in [3.05, 3.63) is 28.8 Å². The van der Waals surface area contributed by atoms with Gasteiger partial charge in [0.25, 0.3) is 0 Å². The van der Waals surface area contributed by atoms with Gasteiger partial charge in [-0.15, -0.1) is 0 Å². The normalized spacial score (nSPS) is 18.1. The van der Waals surface area contributed by atoms with Crippen LogP contribution in [0.5, 0.6) is 0 Å². The van der Waals surface area contributed by atoms with Crippen molar-refractivity contribution in [3.8, 4) is 0 Å². The van der Waals surface area contributed by atoms with Gasteiger partial charge in [-0.3, -0.25) is 0 Å². The third-order valence-electron chi connectivity index (χ3n) is 2.85. The van der Waals surface area contributed by atoms with E-state index >= 15 is 0 Å². The number of benzene rings is 1. The molecule has 3 heteroatoms. The van der Waals surface area contributed by atoms with Crippen LogP contribution < -0.4 is 11.5 Å². The van der Waals surface area contributed by atoms with Gasteiger partial charge in [0.2, 0.25) is 0 Å². The average Bonchev–Trinajstić information content (AvgIpc) is 2.87. The molecular weight excluding hydrogens is 196 g/mol. The summed E-state index contributed by atoms with van der Waals surface area (Å²) in [6.45, 7) is 0. The summed E-state index contributed by atoms with van der Waals surface area (Å²) < 4.78 is 0. The maximum atomic E-state index is 6.05. The molecule has 0 radical (unpaired) electrons. The van der Waals surface area contributed by atoms with Crippen LogP contribution in [0, 0.1) is 0 Å². The molecule has 0 heterocycles. The van der Waals surface area contributed by atoms with Crippen molar-refractivity contribution in [2.45, 2.75) is 31.2 Å². The predicted octanol–water partition coefficient (Wildman–Crippen LogP) is 2.35. The smallest absolute Gasteiger partial charge is 0.0439 e. The Morgan fingerprint density at radius 2 is 2.07 bits per heavy atom.